The lowest BCUT2D eigenvalue weighted by molar-refractivity contribution is 0.0372. The Morgan fingerprint density at radius 3 is 2.81 bits per heavy atom. The molecule has 2 N–H and O–H groups in total. The molecule has 0 spiro atoms. The number of rotatable bonds is 11. The molecule has 0 amide bonds. The summed E-state index contributed by atoms with van der Waals surface area (Å²) in [5.41, 5.74) is 2.32. The first-order chi connectivity index (χ1) is 15.2. The summed E-state index contributed by atoms with van der Waals surface area (Å²) in [6.45, 7) is 13.9. The van der Waals surface area contributed by atoms with Crippen molar-refractivity contribution in [3.63, 3.8) is 0 Å². The second-order valence-corrected chi connectivity index (χ2v) is 8.43. The molecule has 2 aliphatic rings. The van der Waals surface area contributed by atoms with Crippen LogP contribution in [-0.4, -0.2) is 76.6 Å². The topological polar surface area (TPSA) is 67.4 Å². The minimum Gasteiger partial charge on any atom is -0.493 e. The van der Waals surface area contributed by atoms with Crippen LogP contribution in [0.15, 0.2) is 23.2 Å². The van der Waals surface area contributed by atoms with Gasteiger partial charge in [0.1, 0.15) is 5.75 Å². The minimum absolute atomic E-state index is 0.494. The minimum atomic E-state index is 0.494. The van der Waals surface area contributed by atoms with Crippen molar-refractivity contribution >= 4 is 5.96 Å². The zero-order chi connectivity index (χ0) is 21.7. The van der Waals surface area contributed by atoms with Crippen LogP contribution in [0.3, 0.4) is 0 Å². The van der Waals surface area contributed by atoms with Gasteiger partial charge in [-0.25, -0.2) is 4.99 Å². The molecule has 174 valence electrons. The van der Waals surface area contributed by atoms with Gasteiger partial charge >= 0.3 is 0 Å². The van der Waals surface area contributed by atoms with Crippen LogP contribution < -0.4 is 15.4 Å². The molecular formula is C24H40N4O3. The molecule has 2 saturated heterocycles. The van der Waals surface area contributed by atoms with E-state index in [0.717, 1.165) is 89.3 Å². The number of hydrogen-bond donors (Lipinski definition) is 2. The monoisotopic (exact) mass is 432 g/mol. The van der Waals surface area contributed by atoms with Crippen molar-refractivity contribution in [1.29, 1.82) is 0 Å². The summed E-state index contributed by atoms with van der Waals surface area (Å²) in [6.07, 6.45) is 3.40. The number of nitrogens with zero attached hydrogens (tertiary/aromatic N) is 2. The average molecular weight is 433 g/mol. The van der Waals surface area contributed by atoms with Crippen molar-refractivity contribution in [2.24, 2.45) is 10.9 Å². The highest BCUT2D eigenvalue weighted by Gasteiger charge is 2.17. The summed E-state index contributed by atoms with van der Waals surface area (Å²) in [5.74, 6) is 2.30. The van der Waals surface area contributed by atoms with Gasteiger partial charge < -0.3 is 24.8 Å². The van der Waals surface area contributed by atoms with E-state index in [-0.39, 0.29) is 0 Å². The molecule has 1 unspecified atom stereocenters. The number of aryl methyl sites for hydroxylation is 1. The molecule has 2 fully saturated rings. The standard InChI is InChI=1S/C24H40N4O3/c1-3-25-24(26-9-4-5-10-28-11-14-29-15-12-28)27-17-22-7-6-20(2)16-23(22)31-19-21-8-13-30-18-21/h6-7,16,21H,3-5,8-15,17-19H2,1-2H3,(H2,25,26,27). The zero-order valence-corrected chi connectivity index (χ0v) is 19.3. The predicted octanol–water partition coefficient (Wildman–Crippen LogP) is 2.58. The first kappa shape index (κ1) is 23.8. The van der Waals surface area contributed by atoms with Crippen LogP contribution in [0.1, 0.15) is 37.3 Å². The Balaban J connectivity index is 1.45. The van der Waals surface area contributed by atoms with Gasteiger partial charge in [0.2, 0.25) is 0 Å². The van der Waals surface area contributed by atoms with E-state index in [1.807, 2.05) is 0 Å². The Morgan fingerprint density at radius 1 is 1.16 bits per heavy atom. The Labute approximate surface area is 187 Å². The van der Waals surface area contributed by atoms with E-state index in [1.54, 1.807) is 0 Å². The third-order valence-corrected chi connectivity index (χ3v) is 5.77. The number of ether oxygens (including phenoxy) is 3. The van der Waals surface area contributed by atoms with Gasteiger partial charge in [-0.05, 0) is 51.3 Å². The van der Waals surface area contributed by atoms with Crippen molar-refractivity contribution < 1.29 is 14.2 Å². The molecule has 7 heteroatoms. The SMILES string of the molecule is CCNC(=NCc1ccc(C)cc1OCC1CCOC1)NCCCCN1CCOCC1. The fraction of sp³-hybridized carbons (Fsp3) is 0.708. The molecule has 0 saturated carbocycles. The molecule has 0 aromatic heterocycles. The normalized spacial score (nSPS) is 20.1. The number of nitrogens with one attached hydrogen (secondary N) is 2. The van der Waals surface area contributed by atoms with E-state index in [1.165, 1.54) is 12.0 Å². The predicted molar refractivity (Wildman–Crippen MR) is 125 cm³/mol. The lowest BCUT2D eigenvalue weighted by Gasteiger charge is -2.26. The van der Waals surface area contributed by atoms with Crippen molar-refractivity contribution in [3.8, 4) is 5.75 Å². The Bertz CT molecular complexity index is 671. The smallest absolute Gasteiger partial charge is 0.191 e. The average Bonchev–Trinajstić information content (AvgIpc) is 3.31. The first-order valence-corrected chi connectivity index (χ1v) is 11.9. The van der Waals surface area contributed by atoms with E-state index in [0.29, 0.717) is 19.1 Å². The highest BCUT2D eigenvalue weighted by Crippen LogP contribution is 2.23. The van der Waals surface area contributed by atoms with Crippen molar-refractivity contribution in [2.75, 3.05) is 65.8 Å². The van der Waals surface area contributed by atoms with Crippen LogP contribution in [0.5, 0.6) is 5.75 Å². The van der Waals surface area contributed by atoms with Gasteiger partial charge in [-0.1, -0.05) is 12.1 Å². The van der Waals surface area contributed by atoms with Gasteiger partial charge in [-0.2, -0.15) is 0 Å². The molecule has 1 aromatic carbocycles. The molecule has 0 bridgehead atoms. The van der Waals surface area contributed by atoms with Crippen LogP contribution in [0.2, 0.25) is 0 Å². The van der Waals surface area contributed by atoms with Crippen LogP contribution in [0.4, 0.5) is 0 Å². The number of hydrogen-bond acceptors (Lipinski definition) is 5. The Kier molecular flexibility index (Phi) is 10.4. The molecular weight excluding hydrogens is 392 g/mol. The lowest BCUT2D eigenvalue weighted by atomic mass is 10.1. The maximum atomic E-state index is 6.16. The third-order valence-electron chi connectivity index (χ3n) is 5.77. The highest BCUT2D eigenvalue weighted by atomic mass is 16.5. The third kappa shape index (κ3) is 8.67. The van der Waals surface area contributed by atoms with Gasteiger partial charge in [0.05, 0.1) is 33.0 Å². The molecule has 0 radical (unpaired) electrons. The van der Waals surface area contributed by atoms with Gasteiger partial charge in [-0.15, -0.1) is 0 Å². The lowest BCUT2D eigenvalue weighted by Crippen LogP contribution is -2.39. The molecule has 1 aromatic rings. The van der Waals surface area contributed by atoms with Crippen LogP contribution in [0.25, 0.3) is 0 Å². The van der Waals surface area contributed by atoms with Crippen LogP contribution in [-0.2, 0) is 16.0 Å². The molecule has 1 atom stereocenters. The summed E-state index contributed by atoms with van der Waals surface area (Å²) < 4.78 is 17.0. The number of benzene rings is 1. The Hall–Kier alpha value is -1.83. The summed E-state index contributed by atoms with van der Waals surface area (Å²) >= 11 is 0. The Morgan fingerprint density at radius 2 is 2.03 bits per heavy atom. The summed E-state index contributed by atoms with van der Waals surface area (Å²) in [5, 5.41) is 6.83. The second kappa shape index (κ2) is 13.6. The van der Waals surface area contributed by atoms with Gasteiger partial charge in [0.15, 0.2) is 5.96 Å². The fourth-order valence-corrected chi connectivity index (χ4v) is 3.85. The number of morpholine rings is 1. The largest absolute Gasteiger partial charge is 0.493 e. The van der Waals surface area contributed by atoms with E-state index in [4.69, 9.17) is 19.2 Å². The van der Waals surface area contributed by atoms with E-state index >= 15 is 0 Å². The summed E-state index contributed by atoms with van der Waals surface area (Å²) in [6, 6.07) is 6.38. The molecule has 2 aliphatic heterocycles. The van der Waals surface area contributed by atoms with E-state index in [9.17, 15) is 0 Å². The zero-order valence-electron chi connectivity index (χ0n) is 19.3. The van der Waals surface area contributed by atoms with E-state index < -0.39 is 0 Å². The van der Waals surface area contributed by atoms with Crippen molar-refractivity contribution in [2.45, 2.75) is 39.7 Å². The molecule has 31 heavy (non-hydrogen) atoms. The van der Waals surface area contributed by atoms with Gasteiger partial charge in [0.25, 0.3) is 0 Å². The van der Waals surface area contributed by atoms with Gasteiger partial charge in [-0.3, -0.25) is 4.90 Å². The maximum absolute atomic E-state index is 6.16. The van der Waals surface area contributed by atoms with Gasteiger partial charge in [0, 0.05) is 44.3 Å². The van der Waals surface area contributed by atoms with Crippen LogP contribution in [0, 0.1) is 12.8 Å². The number of unbranched alkanes of at least 4 members (excludes halogenated alkanes) is 1. The molecule has 3 rings (SSSR count). The molecule has 7 nitrogen and oxygen atoms in total. The fourth-order valence-electron chi connectivity index (χ4n) is 3.85. The molecule has 0 aliphatic carbocycles. The van der Waals surface area contributed by atoms with Crippen molar-refractivity contribution in [3.05, 3.63) is 29.3 Å². The maximum Gasteiger partial charge on any atom is 0.191 e. The summed E-state index contributed by atoms with van der Waals surface area (Å²) in [7, 11) is 0. The summed E-state index contributed by atoms with van der Waals surface area (Å²) in [4.78, 5) is 7.29. The van der Waals surface area contributed by atoms with Crippen molar-refractivity contribution in [1.82, 2.24) is 15.5 Å². The number of guanidine groups is 1. The number of aliphatic imine (C=N–C) groups is 1. The first-order valence-electron chi connectivity index (χ1n) is 11.9. The second-order valence-electron chi connectivity index (χ2n) is 8.43. The highest BCUT2D eigenvalue weighted by molar-refractivity contribution is 5.79. The quantitative estimate of drug-likeness (QED) is 0.318. The molecule has 2 heterocycles. The van der Waals surface area contributed by atoms with Crippen LogP contribution >= 0.6 is 0 Å². The van der Waals surface area contributed by atoms with E-state index in [2.05, 4.69) is 47.6 Å².